The Morgan fingerprint density at radius 1 is 0.944 bits per heavy atom. The first-order valence-electron chi connectivity index (χ1n) is 11.8. The summed E-state index contributed by atoms with van der Waals surface area (Å²) in [6.45, 7) is 0.316. The lowest BCUT2D eigenvalue weighted by Gasteiger charge is -2.24. The molecule has 0 aliphatic carbocycles. The molecule has 1 unspecified atom stereocenters. The Kier molecular flexibility index (Phi) is 8.78. The Balaban J connectivity index is 1.29. The van der Waals surface area contributed by atoms with E-state index < -0.39 is 11.9 Å². The number of halogens is 3. The predicted molar refractivity (Wildman–Crippen MR) is 141 cm³/mol. The number of fused-ring (bicyclic) bond motifs is 1. The number of unbranched alkanes of at least 4 members (excludes halogenated alkanes) is 2. The summed E-state index contributed by atoms with van der Waals surface area (Å²) in [6, 6.07) is 15.6. The molecule has 8 heteroatoms. The van der Waals surface area contributed by atoms with Gasteiger partial charge in [-0.2, -0.15) is 0 Å². The second kappa shape index (κ2) is 12.0. The van der Waals surface area contributed by atoms with Crippen LogP contribution in [0, 0.1) is 0 Å². The van der Waals surface area contributed by atoms with E-state index in [9.17, 15) is 14.7 Å². The van der Waals surface area contributed by atoms with E-state index in [-0.39, 0.29) is 5.78 Å². The normalized spacial score (nSPS) is 14.6. The van der Waals surface area contributed by atoms with Crippen LogP contribution in [0.4, 0.5) is 0 Å². The first-order valence-corrected chi connectivity index (χ1v) is 12.9. The van der Waals surface area contributed by atoms with Crippen LogP contribution in [0.2, 0.25) is 15.1 Å². The number of hydrogen-bond acceptors (Lipinski definition) is 4. The molecule has 1 aliphatic heterocycles. The van der Waals surface area contributed by atoms with Gasteiger partial charge in [0.05, 0.1) is 17.5 Å². The number of carbonyl (C=O) groups is 2. The monoisotopic (exact) mass is 546 g/mol. The van der Waals surface area contributed by atoms with Crippen molar-refractivity contribution in [2.75, 3.05) is 6.61 Å². The van der Waals surface area contributed by atoms with E-state index in [2.05, 4.69) is 0 Å². The zero-order valence-corrected chi connectivity index (χ0v) is 21.7. The van der Waals surface area contributed by atoms with Crippen LogP contribution in [0.5, 0.6) is 17.2 Å². The minimum absolute atomic E-state index is 0.0750. The molecule has 3 aromatic rings. The standard InChI is InChI=1S/C28H25Cl3O5/c29-19-9-6-17(23(30)14-19)4-2-1-3-5-25(32)18-7-10-20(11-8-18)36-27-16-26-22(15-24(27)31)21(28(33)34)12-13-35-26/h6-11,14-16,21H,1-5,12-13H2,(H,33,34). The maximum absolute atomic E-state index is 12.6. The first-order chi connectivity index (χ1) is 17.3. The van der Waals surface area contributed by atoms with Gasteiger partial charge in [0.2, 0.25) is 0 Å². The third kappa shape index (κ3) is 6.52. The summed E-state index contributed by atoms with van der Waals surface area (Å²) in [5, 5.41) is 11.0. The molecule has 0 radical (unpaired) electrons. The van der Waals surface area contributed by atoms with Crippen LogP contribution in [0.1, 0.15) is 59.5 Å². The van der Waals surface area contributed by atoms with Gasteiger partial charge in [-0.05, 0) is 73.7 Å². The summed E-state index contributed by atoms with van der Waals surface area (Å²) >= 11 is 18.5. The number of Topliss-reactive ketones (excluding diaryl/α,β-unsaturated/α-hetero) is 1. The molecule has 0 spiro atoms. The Hall–Kier alpha value is -2.73. The first kappa shape index (κ1) is 26.3. The molecule has 0 bridgehead atoms. The lowest BCUT2D eigenvalue weighted by molar-refractivity contribution is -0.139. The van der Waals surface area contributed by atoms with Crippen LogP contribution in [-0.2, 0) is 11.2 Å². The molecule has 3 aromatic carbocycles. The summed E-state index contributed by atoms with van der Waals surface area (Å²) in [6.07, 6.45) is 4.37. The number of aryl methyl sites for hydroxylation is 1. The van der Waals surface area contributed by atoms with Crippen LogP contribution in [0.3, 0.4) is 0 Å². The van der Waals surface area contributed by atoms with E-state index in [0.717, 1.165) is 31.2 Å². The Labute approximate surface area is 224 Å². The number of ether oxygens (including phenoxy) is 2. The number of aliphatic carboxylic acids is 1. The summed E-state index contributed by atoms with van der Waals surface area (Å²) in [5.74, 6) is -0.152. The minimum Gasteiger partial charge on any atom is -0.493 e. The molecule has 36 heavy (non-hydrogen) atoms. The lowest BCUT2D eigenvalue weighted by Crippen LogP contribution is -2.20. The zero-order valence-electron chi connectivity index (χ0n) is 19.4. The maximum atomic E-state index is 12.6. The van der Waals surface area contributed by atoms with E-state index in [1.54, 1.807) is 42.5 Å². The molecule has 1 atom stereocenters. The van der Waals surface area contributed by atoms with E-state index in [1.807, 2.05) is 12.1 Å². The highest BCUT2D eigenvalue weighted by Gasteiger charge is 2.29. The van der Waals surface area contributed by atoms with Gasteiger partial charge in [0.1, 0.15) is 17.2 Å². The van der Waals surface area contributed by atoms with Crippen molar-refractivity contribution in [3.8, 4) is 17.2 Å². The van der Waals surface area contributed by atoms with Crippen LogP contribution in [-0.4, -0.2) is 23.5 Å². The fourth-order valence-electron chi connectivity index (χ4n) is 4.21. The summed E-state index contributed by atoms with van der Waals surface area (Å²) in [7, 11) is 0. The van der Waals surface area contributed by atoms with E-state index in [4.69, 9.17) is 44.3 Å². The number of carboxylic acid groups (broad SMARTS) is 1. The summed E-state index contributed by atoms with van der Waals surface area (Å²) in [5.41, 5.74) is 2.23. The van der Waals surface area contributed by atoms with Gasteiger partial charge < -0.3 is 14.6 Å². The molecular weight excluding hydrogens is 523 g/mol. The van der Waals surface area contributed by atoms with Crippen LogP contribution < -0.4 is 9.47 Å². The van der Waals surface area contributed by atoms with E-state index in [1.165, 1.54) is 0 Å². The number of hydrogen-bond donors (Lipinski definition) is 1. The molecule has 188 valence electrons. The third-order valence-corrected chi connectivity index (χ3v) is 7.05. The molecule has 1 N–H and O–H groups in total. The van der Waals surface area contributed by atoms with Crippen LogP contribution in [0.15, 0.2) is 54.6 Å². The van der Waals surface area contributed by atoms with Crippen molar-refractivity contribution in [2.45, 2.75) is 44.4 Å². The van der Waals surface area contributed by atoms with Crippen molar-refractivity contribution < 1.29 is 24.2 Å². The van der Waals surface area contributed by atoms with Gasteiger partial charge in [0.15, 0.2) is 5.78 Å². The number of benzene rings is 3. The second-order valence-electron chi connectivity index (χ2n) is 8.69. The van der Waals surface area contributed by atoms with Gasteiger partial charge >= 0.3 is 5.97 Å². The lowest BCUT2D eigenvalue weighted by atomic mass is 9.93. The number of rotatable bonds is 10. The third-order valence-electron chi connectivity index (χ3n) is 6.17. The molecule has 0 fully saturated rings. The average Bonchev–Trinajstić information content (AvgIpc) is 2.85. The van der Waals surface area contributed by atoms with Gasteiger partial charge in [-0.15, -0.1) is 0 Å². The number of ketones is 1. The molecule has 1 heterocycles. The molecule has 5 nitrogen and oxygen atoms in total. The zero-order chi connectivity index (χ0) is 25.7. The van der Waals surface area contributed by atoms with Gasteiger partial charge in [-0.1, -0.05) is 47.3 Å². The van der Waals surface area contributed by atoms with E-state index in [0.29, 0.717) is 62.9 Å². The van der Waals surface area contributed by atoms with E-state index >= 15 is 0 Å². The molecule has 0 amide bonds. The predicted octanol–water partition coefficient (Wildman–Crippen LogP) is 8.38. The average molecular weight is 548 g/mol. The van der Waals surface area contributed by atoms with Crippen molar-refractivity contribution in [1.29, 1.82) is 0 Å². The van der Waals surface area contributed by atoms with Gasteiger partial charge in [-0.3, -0.25) is 9.59 Å². The number of carbonyl (C=O) groups excluding carboxylic acids is 1. The SMILES string of the molecule is O=C(CCCCCc1ccc(Cl)cc1Cl)c1ccc(Oc2cc3c(cc2Cl)C(C(=O)O)CCO3)cc1. The van der Waals surface area contributed by atoms with Crippen LogP contribution in [0.25, 0.3) is 0 Å². The largest absolute Gasteiger partial charge is 0.493 e. The van der Waals surface area contributed by atoms with Crippen molar-refractivity contribution in [1.82, 2.24) is 0 Å². The summed E-state index contributed by atoms with van der Waals surface area (Å²) in [4.78, 5) is 24.1. The smallest absolute Gasteiger partial charge is 0.311 e. The molecule has 0 saturated heterocycles. The van der Waals surface area contributed by atoms with Crippen molar-refractivity contribution in [3.63, 3.8) is 0 Å². The van der Waals surface area contributed by atoms with Gasteiger partial charge in [0, 0.05) is 33.7 Å². The Bertz CT molecular complexity index is 1260. The highest BCUT2D eigenvalue weighted by Crippen LogP contribution is 2.41. The Morgan fingerprint density at radius 3 is 2.44 bits per heavy atom. The second-order valence-corrected chi connectivity index (χ2v) is 9.95. The molecule has 0 saturated carbocycles. The van der Waals surface area contributed by atoms with Crippen molar-refractivity contribution in [3.05, 3.63) is 86.4 Å². The van der Waals surface area contributed by atoms with Gasteiger partial charge in [-0.25, -0.2) is 0 Å². The number of carboxylic acids is 1. The van der Waals surface area contributed by atoms with Gasteiger partial charge in [0.25, 0.3) is 0 Å². The summed E-state index contributed by atoms with van der Waals surface area (Å²) < 4.78 is 11.5. The fourth-order valence-corrected chi connectivity index (χ4v) is 4.92. The highest BCUT2D eigenvalue weighted by atomic mass is 35.5. The molecule has 1 aliphatic rings. The fraction of sp³-hybridized carbons (Fsp3) is 0.286. The molecule has 0 aromatic heterocycles. The van der Waals surface area contributed by atoms with Crippen molar-refractivity contribution >= 4 is 46.6 Å². The Morgan fingerprint density at radius 2 is 1.72 bits per heavy atom. The quantitative estimate of drug-likeness (QED) is 0.204. The highest BCUT2D eigenvalue weighted by molar-refractivity contribution is 6.35. The van der Waals surface area contributed by atoms with Crippen molar-refractivity contribution in [2.24, 2.45) is 0 Å². The molecule has 4 rings (SSSR count). The van der Waals surface area contributed by atoms with Crippen LogP contribution >= 0.6 is 34.8 Å². The topological polar surface area (TPSA) is 72.8 Å². The molecular formula is C28H25Cl3O5. The minimum atomic E-state index is -0.907. The maximum Gasteiger partial charge on any atom is 0.311 e.